The van der Waals surface area contributed by atoms with Gasteiger partial charge in [-0.2, -0.15) is 0 Å². The van der Waals surface area contributed by atoms with Crippen LogP contribution < -0.4 is 4.74 Å². The Hall–Kier alpha value is -2.37. The molecule has 1 fully saturated rings. The second-order valence-electron chi connectivity index (χ2n) is 6.82. The summed E-state index contributed by atoms with van der Waals surface area (Å²) in [7, 11) is 1.70. The summed E-state index contributed by atoms with van der Waals surface area (Å²) in [5.74, 6) is 0.875. The van der Waals surface area contributed by atoms with E-state index in [0.717, 1.165) is 50.7 Å². The second-order valence-corrected chi connectivity index (χ2v) is 6.82. The number of nitrogens with zero attached hydrogens (tertiary/aromatic N) is 3. The Kier molecular flexibility index (Phi) is 4.91. The maximum Gasteiger partial charge on any atom is 0.138 e. The molecule has 3 aromatic rings. The molecule has 1 N–H and O–H groups in total. The summed E-state index contributed by atoms with van der Waals surface area (Å²) >= 11 is 0. The summed E-state index contributed by atoms with van der Waals surface area (Å²) in [5.41, 5.74) is 4.63. The number of pyridine rings is 1. The zero-order valence-corrected chi connectivity index (χ0v) is 15.5. The molecule has 2 aromatic heterocycles. The summed E-state index contributed by atoms with van der Waals surface area (Å²) in [4.78, 5) is 13.1. The number of nitrogens with one attached hydrogen (secondary N) is 1. The summed E-state index contributed by atoms with van der Waals surface area (Å²) in [6.45, 7) is 8.85. The molecule has 136 valence electrons. The van der Waals surface area contributed by atoms with Crippen molar-refractivity contribution in [3.63, 3.8) is 0 Å². The number of hydrogen-bond donors (Lipinski definition) is 1. The first-order valence-electron chi connectivity index (χ1n) is 9.33. The van der Waals surface area contributed by atoms with Crippen LogP contribution in [-0.4, -0.2) is 59.6 Å². The number of benzene rings is 1. The molecule has 1 aliphatic heterocycles. The van der Waals surface area contributed by atoms with E-state index < -0.39 is 0 Å². The summed E-state index contributed by atoms with van der Waals surface area (Å²) < 4.78 is 5.30. The standard InChI is InChI=1S/C21H26N4O/c1-3-24-11-13-25(14-12-24)15-19-18-5-4-10-22-21(18)23-20(19)16-6-8-17(26-2)9-7-16/h4-10H,3,11-15H2,1-2H3,(H,22,23). The Balaban J connectivity index is 1.67. The fourth-order valence-electron chi connectivity index (χ4n) is 3.73. The number of H-pyrrole nitrogens is 1. The fraction of sp³-hybridized carbons (Fsp3) is 0.381. The molecule has 0 aliphatic carbocycles. The van der Waals surface area contributed by atoms with E-state index in [9.17, 15) is 0 Å². The summed E-state index contributed by atoms with van der Waals surface area (Å²) in [6.07, 6.45) is 1.85. The number of ether oxygens (including phenoxy) is 1. The third-order valence-electron chi connectivity index (χ3n) is 5.35. The predicted octanol–water partition coefficient (Wildman–Crippen LogP) is 3.38. The van der Waals surface area contributed by atoms with Crippen LogP contribution in [0.5, 0.6) is 5.75 Å². The van der Waals surface area contributed by atoms with Crippen molar-refractivity contribution in [1.29, 1.82) is 0 Å². The molecule has 0 spiro atoms. The number of rotatable bonds is 5. The molecule has 1 aromatic carbocycles. The van der Waals surface area contributed by atoms with Gasteiger partial charge in [0.1, 0.15) is 11.4 Å². The molecule has 0 radical (unpaired) electrons. The summed E-state index contributed by atoms with van der Waals surface area (Å²) in [6, 6.07) is 12.4. The lowest BCUT2D eigenvalue weighted by molar-refractivity contribution is 0.132. The van der Waals surface area contributed by atoms with E-state index in [1.54, 1.807) is 7.11 Å². The molecule has 3 heterocycles. The van der Waals surface area contributed by atoms with Gasteiger partial charge in [-0.05, 0) is 48.5 Å². The van der Waals surface area contributed by atoms with Crippen LogP contribution in [0.25, 0.3) is 22.3 Å². The minimum atomic E-state index is 0.875. The van der Waals surface area contributed by atoms with Crippen LogP contribution in [0.15, 0.2) is 42.6 Å². The van der Waals surface area contributed by atoms with Crippen molar-refractivity contribution in [2.45, 2.75) is 13.5 Å². The first kappa shape index (κ1) is 17.1. The highest BCUT2D eigenvalue weighted by atomic mass is 16.5. The van der Waals surface area contributed by atoms with Crippen molar-refractivity contribution in [2.24, 2.45) is 0 Å². The number of aromatic nitrogens is 2. The molecule has 1 saturated heterocycles. The van der Waals surface area contributed by atoms with Crippen molar-refractivity contribution in [3.05, 3.63) is 48.2 Å². The lowest BCUT2D eigenvalue weighted by Crippen LogP contribution is -2.45. The number of likely N-dealkylation sites (N-methyl/N-ethyl adjacent to an activating group) is 1. The van der Waals surface area contributed by atoms with Crippen LogP contribution in [0.2, 0.25) is 0 Å². The van der Waals surface area contributed by atoms with Crippen LogP contribution in [-0.2, 0) is 6.54 Å². The second kappa shape index (κ2) is 7.48. The van der Waals surface area contributed by atoms with E-state index in [2.05, 4.69) is 44.9 Å². The van der Waals surface area contributed by atoms with Crippen molar-refractivity contribution in [3.8, 4) is 17.0 Å². The quantitative estimate of drug-likeness (QED) is 0.766. The van der Waals surface area contributed by atoms with Crippen LogP contribution in [0, 0.1) is 0 Å². The zero-order valence-electron chi connectivity index (χ0n) is 15.5. The number of methoxy groups -OCH3 is 1. The van der Waals surface area contributed by atoms with Gasteiger partial charge in [0.25, 0.3) is 0 Å². The van der Waals surface area contributed by atoms with Crippen molar-refractivity contribution in [2.75, 3.05) is 39.8 Å². The fourth-order valence-corrected chi connectivity index (χ4v) is 3.73. The van der Waals surface area contributed by atoms with Gasteiger partial charge in [-0.1, -0.05) is 6.92 Å². The first-order chi connectivity index (χ1) is 12.8. The molecule has 0 bridgehead atoms. The van der Waals surface area contributed by atoms with Crippen LogP contribution in [0.1, 0.15) is 12.5 Å². The molecule has 26 heavy (non-hydrogen) atoms. The van der Waals surface area contributed by atoms with E-state index in [4.69, 9.17) is 4.74 Å². The van der Waals surface area contributed by atoms with Gasteiger partial charge in [0, 0.05) is 49.9 Å². The molecular weight excluding hydrogens is 324 g/mol. The molecule has 4 rings (SSSR count). The third kappa shape index (κ3) is 3.32. The Labute approximate surface area is 154 Å². The van der Waals surface area contributed by atoms with Gasteiger partial charge in [0.2, 0.25) is 0 Å². The Morgan fingerprint density at radius 3 is 2.46 bits per heavy atom. The highest BCUT2D eigenvalue weighted by Crippen LogP contribution is 2.31. The van der Waals surface area contributed by atoms with E-state index in [1.165, 1.54) is 22.2 Å². The number of aromatic amines is 1. The van der Waals surface area contributed by atoms with Crippen molar-refractivity contribution in [1.82, 2.24) is 19.8 Å². The van der Waals surface area contributed by atoms with Gasteiger partial charge in [0.15, 0.2) is 0 Å². The third-order valence-corrected chi connectivity index (χ3v) is 5.35. The average Bonchev–Trinajstić information content (AvgIpc) is 3.07. The monoisotopic (exact) mass is 350 g/mol. The number of piperazine rings is 1. The van der Waals surface area contributed by atoms with Crippen LogP contribution in [0.4, 0.5) is 0 Å². The highest BCUT2D eigenvalue weighted by Gasteiger charge is 2.20. The number of fused-ring (bicyclic) bond motifs is 1. The lowest BCUT2D eigenvalue weighted by Gasteiger charge is -2.34. The Bertz CT molecular complexity index is 863. The van der Waals surface area contributed by atoms with Crippen molar-refractivity contribution < 1.29 is 4.74 Å². The minimum Gasteiger partial charge on any atom is -0.497 e. The molecule has 5 heteroatoms. The normalized spacial score (nSPS) is 16.2. The van der Waals surface area contributed by atoms with Gasteiger partial charge in [-0.25, -0.2) is 4.98 Å². The van der Waals surface area contributed by atoms with Gasteiger partial charge in [-0.15, -0.1) is 0 Å². The first-order valence-corrected chi connectivity index (χ1v) is 9.33. The largest absolute Gasteiger partial charge is 0.497 e. The average molecular weight is 350 g/mol. The SMILES string of the molecule is CCN1CCN(Cc2c(-c3ccc(OC)cc3)[nH]c3ncccc23)CC1. The van der Waals surface area contributed by atoms with E-state index >= 15 is 0 Å². The molecule has 0 saturated carbocycles. The molecule has 0 amide bonds. The molecular formula is C21H26N4O. The molecule has 1 aliphatic rings. The molecule has 5 nitrogen and oxygen atoms in total. The van der Waals surface area contributed by atoms with E-state index in [0.29, 0.717) is 0 Å². The highest BCUT2D eigenvalue weighted by molar-refractivity contribution is 5.88. The molecule has 0 unspecified atom stereocenters. The smallest absolute Gasteiger partial charge is 0.138 e. The van der Waals surface area contributed by atoms with Gasteiger partial charge < -0.3 is 14.6 Å². The number of hydrogen-bond acceptors (Lipinski definition) is 4. The minimum absolute atomic E-state index is 0.875. The maximum absolute atomic E-state index is 5.30. The topological polar surface area (TPSA) is 44.4 Å². The molecule has 0 atom stereocenters. The van der Waals surface area contributed by atoms with Crippen molar-refractivity contribution >= 4 is 11.0 Å². The van der Waals surface area contributed by atoms with Crippen LogP contribution >= 0.6 is 0 Å². The van der Waals surface area contributed by atoms with Crippen LogP contribution in [0.3, 0.4) is 0 Å². The predicted molar refractivity (Wildman–Crippen MR) is 105 cm³/mol. The Morgan fingerprint density at radius 1 is 1.04 bits per heavy atom. The zero-order chi connectivity index (χ0) is 17.9. The van der Waals surface area contributed by atoms with Gasteiger partial charge in [-0.3, -0.25) is 4.90 Å². The van der Waals surface area contributed by atoms with E-state index in [-0.39, 0.29) is 0 Å². The van der Waals surface area contributed by atoms with Gasteiger partial charge in [0.05, 0.1) is 12.8 Å². The van der Waals surface area contributed by atoms with E-state index in [1.807, 2.05) is 24.4 Å². The maximum atomic E-state index is 5.30. The lowest BCUT2D eigenvalue weighted by atomic mass is 10.0. The van der Waals surface area contributed by atoms with Gasteiger partial charge >= 0.3 is 0 Å². The summed E-state index contributed by atoms with van der Waals surface area (Å²) in [5, 5.41) is 1.22. The Morgan fingerprint density at radius 2 is 1.77 bits per heavy atom.